The molecule has 1 heterocycles. The van der Waals surface area contributed by atoms with Crippen molar-refractivity contribution in [3.63, 3.8) is 0 Å². The van der Waals surface area contributed by atoms with Crippen LogP contribution in [0.2, 0.25) is 10.0 Å². The first kappa shape index (κ1) is 13.0. The van der Waals surface area contributed by atoms with Crippen molar-refractivity contribution in [1.82, 2.24) is 10.1 Å². The van der Waals surface area contributed by atoms with Crippen LogP contribution in [0.5, 0.6) is 5.75 Å². The van der Waals surface area contributed by atoms with Gasteiger partial charge in [0.15, 0.2) is 0 Å². The molecule has 0 unspecified atom stereocenters. The second-order valence-electron chi connectivity index (χ2n) is 4.10. The normalized spacial score (nSPS) is 10.7. The first-order valence-corrected chi connectivity index (χ1v) is 6.47. The van der Waals surface area contributed by atoms with Crippen LogP contribution in [0.25, 0.3) is 22.8 Å². The Hall–Kier alpha value is -2.04. The lowest BCUT2D eigenvalue weighted by Crippen LogP contribution is -1.82. The molecule has 1 N–H and O–H groups in total. The number of phenols is 1. The molecule has 3 aromatic rings. The Morgan fingerprint density at radius 1 is 1.05 bits per heavy atom. The van der Waals surface area contributed by atoms with Crippen LogP contribution in [0.15, 0.2) is 47.0 Å². The smallest absolute Gasteiger partial charge is 0.259 e. The van der Waals surface area contributed by atoms with E-state index in [-0.39, 0.29) is 11.6 Å². The molecule has 0 bridgehead atoms. The molecule has 4 nitrogen and oxygen atoms in total. The standard InChI is InChI=1S/C14H8Cl2N2O2/c15-9-4-5-12(16)11(7-9)14-17-13(18-20-14)8-2-1-3-10(19)6-8/h1-7,19H. The van der Waals surface area contributed by atoms with Crippen molar-refractivity contribution in [1.29, 1.82) is 0 Å². The fourth-order valence-electron chi connectivity index (χ4n) is 1.76. The Labute approximate surface area is 124 Å². The highest BCUT2D eigenvalue weighted by Gasteiger charge is 2.14. The van der Waals surface area contributed by atoms with Crippen molar-refractivity contribution in [2.24, 2.45) is 0 Å². The molecule has 0 saturated heterocycles. The molecule has 3 rings (SSSR count). The van der Waals surface area contributed by atoms with Gasteiger partial charge in [-0.3, -0.25) is 0 Å². The van der Waals surface area contributed by atoms with E-state index >= 15 is 0 Å². The molecule has 0 aliphatic heterocycles. The molecule has 0 aliphatic carbocycles. The summed E-state index contributed by atoms with van der Waals surface area (Å²) < 4.78 is 5.19. The monoisotopic (exact) mass is 306 g/mol. The molecule has 0 saturated carbocycles. The zero-order chi connectivity index (χ0) is 14.1. The summed E-state index contributed by atoms with van der Waals surface area (Å²) in [7, 11) is 0. The van der Waals surface area contributed by atoms with Gasteiger partial charge in [0.1, 0.15) is 5.75 Å². The van der Waals surface area contributed by atoms with Gasteiger partial charge in [-0.2, -0.15) is 4.98 Å². The van der Waals surface area contributed by atoms with Gasteiger partial charge in [0, 0.05) is 10.6 Å². The third-order valence-electron chi connectivity index (χ3n) is 2.69. The second kappa shape index (κ2) is 5.15. The molecule has 2 aromatic carbocycles. The van der Waals surface area contributed by atoms with E-state index in [0.29, 0.717) is 27.0 Å². The van der Waals surface area contributed by atoms with E-state index in [2.05, 4.69) is 10.1 Å². The van der Waals surface area contributed by atoms with Crippen molar-refractivity contribution in [2.45, 2.75) is 0 Å². The Bertz CT molecular complexity index is 771. The lowest BCUT2D eigenvalue weighted by molar-refractivity contribution is 0.432. The van der Waals surface area contributed by atoms with Gasteiger partial charge < -0.3 is 9.63 Å². The number of hydrogen-bond acceptors (Lipinski definition) is 4. The highest BCUT2D eigenvalue weighted by Crippen LogP contribution is 2.31. The summed E-state index contributed by atoms with van der Waals surface area (Å²) in [6.45, 7) is 0. The third kappa shape index (κ3) is 2.48. The number of nitrogens with zero attached hydrogens (tertiary/aromatic N) is 2. The maximum atomic E-state index is 9.45. The summed E-state index contributed by atoms with van der Waals surface area (Å²) in [5, 5.41) is 14.3. The quantitative estimate of drug-likeness (QED) is 0.761. The van der Waals surface area contributed by atoms with Crippen LogP contribution in [0, 0.1) is 0 Å². The average Bonchev–Trinajstić information content (AvgIpc) is 2.91. The highest BCUT2D eigenvalue weighted by molar-refractivity contribution is 6.35. The SMILES string of the molecule is Oc1cccc(-c2noc(-c3cc(Cl)ccc3Cl)n2)c1. The Morgan fingerprint density at radius 3 is 2.70 bits per heavy atom. The summed E-state index contributed by atoms with van der Waals surface area (Å²) in [4.78, 5) is 4.26. The van der Waals surface area contributed by atoms with Crippen molar-refractivity contribution >= 4 is 23.2 Å². The first-order chi connectivity index (χ1) is 9.63. The fraction of sp³-hybridized carbons (Fsp3) is 0. The molecule has 100 valence electrons. The minimum Gasteiger partial charge on any atom is -0.508 e. The molecule has 0 aliphatic rings. The van der Waals surface area contributed by atoms with Crippen molar-refractivity contribution in [3.05, 3.63) is 52.5 Å². The number of phenolic OH excluding ortho intramolecular Hbond substituents is 1. The summed E-state index contributed by atoms with van der Waals surface area (Å²) in [6.07, 6.45) is 0. The molecule has 20 heavy (non-hydrogen) atoms. The zero-order valence-electron chi connectivity index (χ0n) is 10.0. The molecular formula is C14H8Cl2N2O2. The predicted molar refractivity (Wildman–Crippen MR) is 76.9 cm³/mol. The Balaban J connectivity index is 2.04. The predicted octanol–water partition coefficient (Wildman–Crippen LogP) is 4.42. The van der Waals surface area contributed by atoms with Crippen molar-refractivity contribution in [2.75, 3.05) is 0 Å². The molecule has 0 radical (unpaired) electrons. The van der Waals surface area contributed by atoms with Crippen molar-refractivity contribution in [3.8, 4) is 28.6 Å². The van der Waals surface area contributed by atoms with Gasteiger partial charge >= 0.3 is 0 Å². The van der Waals surface area contributed by atoms with Crippen LogP contribution in [0.3, 0.4) is 0 Å². The summed E-state index contributed by atoms with van der Waals surface area (Å²) in [5.41, 5.74) is 1.22. The number of aromatic nitrogens is 2. The van der Waals surface area contributed by atoms with Gasteiger partial charge in [-0.1, -0.05) is 40.5 Å². The molecule has 6 heteroatoms. The number of aromatic hydroxyl groups is 1. The van der Waals surface area contributed by atoms with E-state index < -0.39 is 0 Å². The maximum Gasteiger partial charge on any atom is 0.259 e. The summed E-state index contributed by atoms with van der Waals surface area (Å²) >= 11 is 12.0. The Kier molecular flexibility index (Phi) is 3.34. The number of rotatable bonds is 2. The number of hydrogen-bond donors (Lipinski definition) is 1. The Morgan fingerprint density at radius 2 is 1.90 bits per heavy atom. The summed E-state index contributed by atoms with van der Waals surface area (Å²) in [6, 6.07) is 11.6. The molecule has 0 spiro atoms. The molecule has 0 amide bonds. The minimum absolute atomic E-state index is 0.134. The van der Waals surface area contributed by atoms with E-state index in [1.807, 2.05) is 0 Å². The first-order valence-electron chi connectivity index (χ1n) is 5.72. The van der Waals surface area contributed by atoms with Gasteiger partial charge in [-0.05, 0) is 30.3 Å². The van der Waals surface area contributed by atoms with E-state index in [0.717, 1.165) is 0 Å². The number of benzene rings is 2. The third-order valence-corrected chi connectivity index (χ3v) is 3.25. The van der Waals surface area contributed by atoms with Gasteiger partial charge in [-0.25, -0.2) is 0 Å². The minimum atomic E-state index is 0.134. The van der Waals surface area contributed by atoms with Gasteiger partial charge in [0.25, 0.3) is 5.89 Å². The van der Waals surface area contributed by atoms with Crippen LogP contribution in [-0.2, 0) is 0 Å². The maximum absolute atomic E-state index is 9.45. The molecule has 0 fully saturated rings. The van der Waals surface area contributed by atoms with E-state index in [4.69, 9.17) is 27.7 Å². The van der Waals surface area contributed by atoms with Crippen LogP contribution in [0.1, 0.15) is 0 Å². The van der Waals surface area contributed by atoms with Gasteiger partial charge in [0.05, 0.1) is 10.6 Å². The summed E-state index contributed by atoms with van der Waals surface area (Å²) in [5.74, 6) is 0.775. The molecule has 1 aromatic heterocycles. The van der Waals surface area contributed by atoms with Gasteiger partial charge in [0.2, 0.25) is 5.82 Å². The highest BCUT2D eigenvalue weighted by atomic mass is 35.5. The largest absolute Gasteiger partial charge is 0.508 e. The lowest BCUT2D eigenvalue weighted by Gasteiger charge is -1.98. The number of halogens is 2. The molecule has 0 atom stereocenters. The average molecular weight is 307 g/mol. The van der Waals surface area contributed by atoms with Crippen LogP contribution < -0.4 is 0 Å². The second-order valence-corrected chi connectivity index (χ2v) is 4.94. The van der Waals surface area contributed by atoms with E-state index in [1.165, 1.54) is 0 Å². The fourth-order valence-corrected chi connectivity index (χ4v) is 2.13. The van der Waals surface area contributed by atoms with Crippen molar-refractivity contribution < 1.29 is 9.63 Å². The topological polar surface area (TPSA) is 59.2 Å². The van der Waals surface area contributed by atoms with Gasteiger partial charge in [-0.15, -0.1) is 0 Å². The van der Waals surface area contributed by atoms with Crippen LogP contribution >= 0.6 is 23.2 Å². The molecular weight excluding hydrogens is 299 g/mol. The van der Waals surface area contributed by atoms with Crippen LogP contribution in [-0.4, -0.2) is 15.2 Å². The van der Waals surface area contributed by atoms with E-state index in [1.54, 1.807) is 42.5 Å². The van der Waals surface area contributed by atoms with E-state index in [9.17, 15) is 5.11 Å². The zero-order valence-corrected chi connectivity index (χ0v) is 11.6. The lowest BCUT2D eigenvalue weighted by atomic mass is 10.2. The van der Waals surface area contributed by atoms with Crippen LogP contribution in [0.4, 0.5) is 0 Å².